The molecule has 0 bridgehead atoms. The van der Waals surface area contributed by atoms with Crippen LogP contribution in [0.15, 0.2) is 27.7 Å². The van der Waals surface area contributed by atoms with Crippen LogP contribution < -0.4 is 10.2 Å². The van der Waals surface area contributed by atoms with Crippen molar-refractivity contribution in [2.24, 2.45) is 4.99 Å². The van der Waals surface area contributed by atoms with Crippen LogP contribution in [0.4, 0.5) is 5.69 Å². The number of hydrogen-bond donors (Lipinski definition) is 1. The first-order chi connectivity index (χ1) is 12.4. The van der Waals surface area contributed by atoms with Crippen LogP contribution in [0.25, 0.3) is 0 Å². The molecule has 3 heterocycles. The number of hydrogen-bond acceptors (Lipinski definition) is 5. The molecular formula is C19H21ClN4O2. The molecule has 2 aliphatic heterocycles. The summed E-state index contributed by atoms with van der Waals surface area (Å²) in [5.74, 6) is 0.706. The van der Waals surface area contributed by atoms with Crippen LogP contribution in [0, 0.1) is 13.8 Å². The highest BCUT2D eigenvalue weighted by atomic mass is 35.5. The van der Waals surface area contributed by atoms with Gasteiger partial charge in [0, 0.05) is 17.6 Å². The number of piperidine rings is 1. The molecule has 0 aliphatic carbocycles. The van der Waals surface area contributed by atoms with Crippen molar-refractivity contribution in [1.29, 1.82) is 0 Å². The molecule has 1 amide bonds. The standard InChI is InChI=1S/C19H21ClN4O2/c1-11-16(12(2)26-23-11)17-14-10-13(20)4-5-15(14)24(3)18(25)19(22-17)6-8-21-9-7-19/h4-5,10,21H,6-9H2,1-3H3. The summed E-state index contributed by atoms with van der Waals surface area (Å²) in [6.07, 6.45) is 1.32. The molecule has 0 unspecified atom stereocenters. The predicted molar refractivity (Wildman–Crippen MR) is 101 cm³/mol. The van der Waals surface area contributed by atoms with Gasteiger partial charge in [0.05, 0.1) is 22.7 Å². The number of aliphatic imine (C=N–C) groups is 1. The molecule has 1 N–H and O–H groups in total. The molecule has 4 rings (SSSR count). The van der Waals surface area contributed by atoms with Crippen molar-refractivity contribution in [1.82, 2.24) is 10.5 Å². The fraction of sp³-hybridized carbons (Fsp3) is 0.421. The number of aryl methyl sites for hydroxylation is 2. The average molecular weight is 373 g/mol. The third-order valence-electron chi connectivity index (χ3n) is 5.30. The largest absolute Gasteiger partial charge is 0.361 e. The number of carbonyl (C=O) groups excluding carboxylic acids is 1. The van der Waals surface area contributed by atoms with Crippen LogP contribution in [0.2, 0.25) is 5.02 Å². The van der Waals surface area contributed by atoms with Gasteiger partial charge < -0.3 is 14.7 Å². The number of rotatable bonds is 1. The molecule has 0 radical (unpaired) electrons. The Balaban J connectivity index is 2.03. The number of amides is 1. The molecule has 26 heavy (non-hydrogen) atoms. The molecule has 7 heteroatoms. The van der Waals surface area contributed by atoms with Gasteiger partial charge in [0.15, 0.2) is 0 Å². The topological polar surface area (TPSA) is 70.7 Å². The van der Waals surface area contributed by atoms with E-state index in [-0.39, 0.29) is 5.91 Å². The number of nitrogens with one attached hydrogen (secondary N) is 1. The van der Waals surface area contributed by atoms with Gasteiger partial charge in [-0.2, -0.15) is 0 Å². The normalized spacial score (nSPS) is 19.3. The molecule has 1 saturated heterocycles. The van der Waals surface area contributed by atoms with E-state index in [4.69, 9.17) is 21.1 Å². The molecule has 136 valence electrons. The molecule has 2 aliphatic rings. The lowest BCUT2D eigenvalue weighted by Gasteiger charge is -2.34. The molecule has 0 atom stereocenters. The smallest absolute Gasteiger partial charge is 0.254 e. The van der Waals surface area contributed by atoms with Gasteiger partial charge >= 0.3 is 0 Å². The summed E-state index contributed by atoms with van der Waals surface area (Å²) in [5.41, 5.74) is 3.18. The lowest BCUT2D eigenvalue weighted by Crippen LogP contribution is -2.52. The Hall–Kier alpha value is -2.18. The fourth-order valence-electron chi connectivity index (χ4n) is 3.91. The number of likely N-dealkylation sites (N-methyl/N-ethyl adjacent to an activating group) is 1. The van der Waals surface area contributed by atoms with E-state index in [0.717, 1.165) is 41.3 Å². The van der Waals surface area contributed by atoms with Crippen molar-refractivity contribution in [2.75, 3.05) is 25.0 Å². The first kappa shape index (κ1) is 17.2. The third-order valence-corrected chi connectivity index (χ3v) is 5.54. The highest BCUT2D eigenvalue weighted by Gasteiger charge is 2.45. The van der Waals surface area contributed by atoms with Crippen molar-refractivity contribution in [3.63, 3.8) is 0 Å². The second kappa shape index (κ2) is 6.21. The van der Waals surface area contributed by atoms with E-state index >= 15 is 0 Å². The Bertz CT molecular complexity index is 893. The van der Waals surface area contributed by atoms with Crippen molar-refractivity contribution in [3.8, 4) is 0 Å². The van der Waals surface area contributed by atoms with E-state index in [2.05, 4.69) is 10.5 Å². The maximum absolute atomic E-state index is 13.4. The van der Waals surface area contributed by atoms with Crippen LogP contribution in [0.3, 0.4) is 0 Å². The number of carbonyl (C=O) groups is 1. The Morgan fingerprint density at radius 3 is 2.65 bits per heavy atom. The molecule has 1 aromatic heterocycles. The zero-order valence-electron chi connectivity index (χ0n) is 15.1. The predicted octanol–water partition coefficient (Wildman–Crippen LogP) is 2.88. The summed E-state index contributed by atoms with van der Waals surface area (Å²) in [4.78, 5) is 20.2. The first-order valence-corrected chi connectivity index (χ1v) is 9.13. The number of aromatic nitrogens is 1. The van der Waals surface area contributed by atoms with Crippen LogP contribution in [-0.2, 0) is 4.79 Å². The van der Waals surface area contributed by atoms with E-state index in [9.17, 15) is 4.79 Å². The van der Waals surface area contributed by atoms with Crippen molar-refractivity contribution >= 4 is 28.9 Å². The Kier molecular flexibility index (Phi) is 4.12. The molecule has 1 spiro atoms. The second-order valence-electron chi connectivity index (χ2n) is 6.97. The number of fused-ring (bicyclic) bond motifs is 1. The summed E-state index contributed by atoms with van der Waals surface area (Å²) in [6, 6.07) is 5.55. The first-order valence-electron chi connectivity index (χ1n) is 8.75. The van der Waals surface area contributed by atoms with Gasteiger partial charge in [-0.25, -0.2) is 0 Å². The summed E-state index contributed by atoms with van der Waals surface area (Å²) in [6.45, 7) is 5.28. The number of anilines is 1. The van der Waals surface area contributed by atoms with E-state index < -0.39 is 5.54 Å². The zero-order chi connectivity index (χ0) is 18.5. The minimum atomic E-state index is -0.781. The maximum Gasteiger partial charge on any atom is 0.254 e. The van der Waals surface area contributed by atoms with E-state index in [1.165, 1.54) is 0 Å². The number of nitrogens with zero attached hydrogens (tertiary/aromatic N) is 3. The van der Waals surface area contributed by atoms with E-state index in [1.807, 2.05) is 33.0 Å². The van der Waals surface area contributed by atoms with Crippen molar-refractivity contribution in [3.05, 3.63) is 45.8 Å². The quantitative estimate of drug-likeness (QED) is 0.835. The molecule has 0 saturated carbocycles. The van der Waals surface area contributed by atoms with Gasteiger partial charge in [-0.05, 0) is 58.0 Å². The molecule has 1 aromatic carbocycles. The lowest BCUT2D eigenvalue weighted by molar-refractivity contribution is -0.124. The molecular weight excluding hydrogens is 352 g/mol. The van der Waals surface area contributed by atoms with E-state index in [1.54, 1.807) is 11.0 Å². The monoisotopic (exact) mass is 372 g/mol. The van der Waals surface area contributed by atoms with Crippen LogP contribution in [0.1, 0.15) is 35.4 Å². The molecule has 2 aromatic rings. The zero-order valence-corrected chi connectivity index (χ0v) is 15.9. The van der Waals surface area contributed by atoms with Gasteiger partial charge in [-0.1, -0.05) is 16.8 Å². The van der Waals surface area contributed by atoms with Crippen LogP contribution in [-0.4, -0.2) is 42.5 Å². The van der Waals surface area contributed by atoms with Crippen molar-refractivity contribution in [2.45, 2.75) is 32.2 Å². The second-order valence-corrected chi connectivity index (χ2v) is 7.40. The van der Waals surface area contributed by atoms with Gasteiger partial charge in [-0.15, -0.1) is 0 Å². The minimum absolute atomic E-state index is 0.0179. The summed E-state index contributed by atoms with van der Waals surface area (Å²) < 4.78 is 5.39. The van der Waals surface area contributed by atoms with Crippen molar-refractivity contribution < 1.29 is 9.32 Å². The number of benzene rings is 1. The lowest BCUT2D eigenvalue weighted by atomic mass is 9.87. The Labute approximate surface area is 157 Å². The Morgan fingerprint density at radius 2 is 2.00 bits per heavy atom. The highest BCUT2D eigenvalue weighted by Crippen LogP contribution is 2.37. The van der Waals surface area contributed by atoms with Gasteiger partial charge in [0.25, 0.3) is 5.91 Å². The van der Waals surface area contributed by atoms with Gasteiger partial charge in [-0.3, -0.25) is 9.79 Å². The average Bonchev–Trinajstić information content (AvgIpc) is 2.94. The van der Waals surface area contributed by atoms with E-state index in [0.29, 0.717) is 23.6 Å². The summed E-state index contributed by atoms with van der Waals surface area (Å²) >= 11 is 6.29. The van der Waals surface area contributed by atoms with Crippen LogP contribution in [0.5, 0.6) is 0 Å². The molecule has 6 nitrogen and oxygen atoms in total. The SMILES string of the molecule is Cc1noc(C)c1C1=NC2(CCNCC2)C(=O)N(C)c2ccc(Cl)cc21. The maximum atomic E-state index is 13.4. The van der Waals surface area contributed by atoms with Crippen LogP contribution >= 0.6 is 11.6 Å². The molecule has 1 fully saturated rings. The van der Waals surface area contributed by atoms with Gasteiger partial charge in [0.2, 0.25) is 0 Å². The number of halogens is 1. The Morgan fingerprint density at radius 1 is 1.27 bits per heavy atom. The highest BCUT2D eigenvalue weighted by molar-refractivity contribution is 6.32. The van der Waals surface area contributed by atoms with Gasteiger partial charge in [0.1, 0.15) is 11.3 Å². The third kappa shape index (κ3) is 2.56. The minimum Gasteiger partial charge on any atom is -0.361 e. The fourth-order valence-corrected chi connectivity index (χ4v) is 4.08. The summed E-state index contributed by atoms with van der Waals surface area (Å²) in [7, 11) is 1.81. The summed E-state index contributed by atoms with van der Waals surface area (Å²) in [5, 5.41) is 8.01.